The zero-order valence-electron chi connectivity index (χ0n) is 16.6. The zero-order valence-corrected chi connectivity index (χ0v) is 17.4. The summed E-state index contributed by atoms with van der Waals surface area (Å²) in [5.74, 6) is -0.848. The molecule has 30 heavy (non-hydrogen) atoms. The van der Waals surface area contributed by atoms with Gasteiger partial charge < -0.3 is 14.4 Å². The van der Waals surface area contributed by atoms with Crippen molar-refractivity contribution in [3.05, 3.63) is 47.8 Å². The minimum Gasteiger partial charge on any atom is -0.491 e. The molecule has 0 aromatic heterocycles. The largest absolute Gasteiger partial charge is 0.491 e. The van der Waals surface area contributed by atoms with E-state index in [1.165, 1.54) is 12.1 Å². The Bertz CT molecular complexity index is 1070. The second kappa shape index (κ2) is 8.23. The van der Waals surface area contributed by atoms with Gasteiger partial charge in [-0.05, 0) is 62.1 Å². The molecule has 0 bridgehead atoms. The van der Waals surface area contributed by atoms with E-state index in [9.17, 15) is 17.6 Å². The van der Waals surface area contributed by atoms with E-state index >= 15 is 0 Å². The first-order chi connectivity index (χ1) is 14.4. The average molecular weight is 434 g/mol. The van der Waals surface area contributed by atoms with Crippen molar-refractivity contribution in [1.82, 2.24) is 0 Å². The summed E-state index contributed by atoms with van der Waals surface area (Å²) in [4.78, 5) is 14.2. The molecule has 1 saturated heterocycles. The van der Waals surface area contributed by atoms with E-state index in [1.807, 2.05) is 0 Å². The van der Waals surface area contributed by atoms with E-state index < -0.39 is 21.9 Å². The number of anilines is 2. The number of hydrogen-bond acceptors (Lipinski definition) is 5. The number of halogens is 1. The Kier molecular flexibility index (Phi) is 5.66. The topological polar surface area (TPSA) is 84.9 Å². The summed E-state index contributed by atoms with van der Waals surface area (Å²) in [6.45, 7) is 3.10. The fourth-order valence-electron chi connectivity index (χ4n) is 3.75. The summed E-state index contributed by atoms with van der Waals surface area (Å²) in [6, 6.07) is 8.58. The molecule has 9 heteroatoms. The van der Waals surface area contributed by atoms with Crippen LogP contribution >= 0.6 is 0 Å². The summed E-state index contributed by atoms with van der Waals surface area (Å²) in [6.07, 6.45) is 1.81. The molecule has 2 aliphatic rings. The van der Waals surface area contributed by atoms with E-state index in [4.69, 9.17) is 9.47 Å². The molecule has 1 atom stereocenters. The molecule has 1 fully saturated rings. The summed E-state index contributed by atoms with van der Waals surface area (Å²) in [5.41, 5.74) is 1.94. The highest BCUT2D eigenvalue weighted by atomic mass is 32.2. The first-order valence-electron chi connectivity index (χ1n) is 9.90. The van der Waals surface area contributed by atoms with Gasteiger partial charge in [0.25, 0.3) is 15.9 Å². The number of benzene rings is 2. The van der Waals surface area contributed by atoms with Crippen molar-refractivity contribution in [3.63, 3.8) is 0 Å². The average Bonchev–Trinajstić information content (AvgIpc) is 3.38. The molecule has 0 spiro atoms. The van der Waals surface area contributed by atoms with Gasteiger partial charge >= 0.3 is 0 Å². The molecule has 4 rings (SSSR count). The van der Waals surface area contributed by atoms with Gasteiger partial charge in [-0.25, -0.2) is 12.8 Å². The lowest BCUT2D eigenvalue weighted by molar-refractivity contribution is -0.127. The normalized spacial score (nSPS) is 18.3. The highest BCUT2D eigenvalue weighted by Crippen LogP contribution is 2.33. The Morgan fingerprint density at radius 1 is 1.30 bits per heavy atom. The van der Waals surface area contributed by atoms with Crippen LogP contribution in [0.5, 0.6) is 5.75 Å². The van der Waals surface area contributed by atoms with E-state index in [-0.39, 0.29) is 23.2 Å². The van der Waals surface area contributed by atoms with Crippen LogP contribution in [0.4, 0.5) is 15.8 Å². The van der Waals surface area contributed by atoms with Gasteiger partial charge in [-0.1, -0.05) is 6.07 Å². The van der Waals surface area contributed by atoms with Crippen LogP contribution < -0.4 is 14.4 Å². The lowest BCUT2D eigenvalue weighted by Crippen LogP contribution is -2.37. The van der Waals surface area contributed by atoms with Crippen LogP contribution in [0, 0.1) is 5.82 Å². The number of nitrogens with zero attached hydrogens (tertiary/aromatic N) is 1. The van der Waals surface area contributed by atoms with E-state index in [0.29, 0.717) is 37.4 Å². The fourth-order valence-corrected chi connectivity index (χ4v) is 4.81. The minimum atomic E-state index is -4.01. The highest BCUT2D eigenvalue weighted by molar-refractivity contribution is 7.92. The molecule has 1 N–H and O–H groups in total. The number of nitrogens with one attached hydrogen (secondary N) is 1. The Morgan fingerprint density at radius 2 is 2.13 bits per heavy atom. The molecule has 2 aliphatic heterocycles. The van der Waals surface area contributed by atoms with Crippen LogP contribution in [-0.2, 0) is 26.0 Å². The third-order valence-corrected chi connectivity index (χ3v) is 6.60. The fraction of sp³-hybridized carbons (Fsp3) is 0.381. The van der Waals surface area contributed by atoms with Crippen LogP contribution in [0.15, 0.2) is 41.3 Å². The van der Waals surface area contributed by atoms with Gasteiger partial charge in [0.05, 0.1) is 17.2 Å². The van der Waals surface area contributed by atoms with Crippen LogP contribution in [0.2, 0.25) is 0 Å². The molecule has 1 unspecified atom stereocenters. The second-order valence-electron chi connectivity index (χ2n) is 7.22. The monoisotopic (exact) mass is 434 g/mol. The molecular formula is C21H23FN2O5S. The van der Waals surface area contributed by atoms with Crippen molar-refractivity contribution in [2.45, 2.75) is 37.2 Å². The predicted octanol–water partition coefficient (Wildman–Crippen LogP) is 3.09. The zero-order chi connectivity index (χ0) is 21.3. The standard InChI is InChI=1S/C21H23FN2O5S/c1-2-28-19-8-7-16(13-17(19)22)30(26,27)23-15-6-5-14-9-10-24(18(14)12-15)21(25)20-4-3-11-29-20/h5-8,12-13,20,23H,2-4,9-11H2,1H3. The smallest absolute Gasteiger partial charge is 0.262 e. The van der Waals surface area contributed by atoms with Gasteiger partial charge in [0.15, 0.2) is 11.6 Å². The number of hydrogen-bond donors (Lipinski definition) is 1. The summed E-state index contributed by atoms with van der Waals surface area (Å²) < 4.78 is 52.6. The lowest BCUT2D eigenvalue weighted by Gasteiger charge is -2.21. The molecule has 0 aliphatic carbocycles. The molecule has 0 radical (unpaired) electrons. The van der Waals surface area contributed by atoms with Gasteiger partial charge in [-0.3, -0.25) is 9.52 Å². The van der Waals surface area contributed by atoms with Gasteiger partial charge in [0.1, 0.15) is 6.10 Å². The van der Waals surface area contributed by atoms with E-state index in [1.54, 1.807) is 30.0 Å². The maximum Gasteiger partial charge on any atom is 0.262 e. The molecule has 160 valence electrons. The highest BCUT2D eigenvalue weighted by Gasteiger charge is 2.33. The van der Waals surface area contributed by atoms with Crippen molar-refractivity contribution in [1.29, 1.82) is 0 Å². The second-order valence-corrected chi connectivity index (χ2v) is 8.90. The van der Waals surface area contributed by atoms with E-state index in [2.05, 4.69) is 4.72 Å². The lowest BCUT2D eigenvalue weighted by atomic mass is 10.1. The summed E-state index contributed by atoms with van der Waals surface area (Å²) in [7, 11) is -4.01. The minimum absolute atomic E-state index is 0.00253. The van der Waals surface area contributed by atoms with Crippen LogP contribution in [0.3, 0.4) is 0 Å². The first-order valence-corrected chi connectivity index (χ1v) is 11.4. The number of rotatable bonds is 6. The first kappa shape index (κ1) is 20.6. The predicted molar refractivity (Wildman–Crippen MR) is 110 cm³/mol. The number of sulfonamides is 1. The quantitative estimate of drug-likeness (QED) is 0.755. The van der Waals surface area contributed by atoms with Crippen molar-refractivity contribution in [3.8, 4) is 5.75 Å². The van der Waals surface area contributed by atoms with Gasteiger partial charge in [-0.15, -0.1) is 0 Å². The molecule has 2 heterocycles. The van der Waals surface area contributed by atoms with Gasteiger partial charge in [-0.2, -0.15) is 0 Å². The molecule has 1 amide bonds. The van der Waals surface area contributed by atoms with Gasteiger partial charge in [0.2, 0.25) is 0 Å². The molecule has 0 saturated carbocycles. The number of amides is 1. The van der Waals surface area contributed by atoms with Crippen LogP contribution in [0.25, 0.3) is 0 Å². The summed E-state index contributed by atoms with van der Waals surface area (Å²) in [5, 5.41) is 0. The Morgan fingerprint density at radius 3 is 2.83 bits per heavy atom. The SMILES string of the molecule is CCOc1ccc(S(=O)(=O)Nc2ccc3c(c2)N(C(=O)C2CCCO2)CC3)cc1F. The third kappa shape index (κ3) is 3.99. The number of carbonyl (C=O) groups excluding carboxylic acids is 1. The molecule has 2 aromatic rings. The molecular weight excluding hydrogens is 411 g/mol. The molecule has 7 nitrogen and oxygen atoms in total. The number of fused-ring (bicyclic) bond motifs is 1. The van der Waals surface area contributed by atoms with Crippen molar-refractivity contribution < 1.29 is 27.1 Å². The van der Waals surface area contributed by atoms with E-state index in [0.717, 1.165) is 18.1 Å². The number of ether oxygens (including phenoxy) is 2. The van der Waals surface area contributed by atoms with Crippen molar-refractivity contribution in [2.75, 3.05) is 29.4 Å². The molecule has 2 aromatic carbocycles. The summed E-state index contributed by atoms with van der Waals surface area (Å²) >= 11 is 0. The van der Waals surface area contributed by atoms with Gasteiger partial charge in [0, 0.05) is 18.8 Å². The third-order valence-electron chi connectivity index (χ3n) is 5.22. The van der Waals surface area contributed by atoms with Crippen molar-refractivity contribution in [2.24, 2.45) is 0 Å². The number of carbonyl (C=O) groups is 1. The Balaban J connectivity index is 1.56. The van der Waals surface area contributed by atoms with Crippen LogP contribution in [0.1, 0.15) is 25.3 Å². The Labute approximate surface area is 174 Å². The van der Waals surface area contributed by atoms with Crippen molar-refractivity contribution >= 4 is 27.3 Å². The van der Waals surface area contributed by atoms with Crippen LogP contribution in [-0.4, -0.2) is 40.2 Å². The Hall–Kier alpha value is -2.65. The maximum absolute atomic E-state index is 14.1. The maximum atomic E-state index is 14.1.